The number of aliphatic carboxylic acids is 1. The van der Waals surface area contributed by atoms with Crippen molar-refractivity contribution in [2.75, 3.05) is 18.9 Å². The molecule has 1 aromatic carbocycles. The molecule has 1 aliphatic heterocycles. The number of rotatable bonds is 5. The van der Waals surface area contributed by atoms with Crippen molar-refractivity contribution < 1.29 is 27.9 Å². The van der Waals surface area contributed by atoms with Gasteiger partial charge in [0.1, 0.15) is 0 Å². The van der Waals surface area contributed by atoms with Crippen LogP contribution >= 0.6 is 0 Å². The van der Waals surface area contributed by atoms with E-state index in [0.717, 1.165) is 55.1 Å². The number of benzene rings is 1. The Kier molecular flexibility index (Phi) is 9.48. The molecule has 34 heavy (non-hydrogen) atoms. The largest absolute Gasteiger partial charge is 0.490 e. The number of carbonyl (C=O) groups is 2. The number of nitrogens with one attached hydrogen (secondary N) is 1. The van der Waals surface area contributed by atoms with Crippen LogP contribution in [0.2, 0.25) is 0 Å². The number of aromatic nitrogens is 2. The fourth-order valence-electron chi connectivity index (χ4n) is 3.38. The Morgan fingerprint density at radius 2 is 1.88 bits per heavy atom. The van der Waals surface area contributed by atoms with Gasteiger partial charge in [0.15, 0.2) is 0 Å². The molecule has 0 bridgehead atoms. The summed E-state index contributed by atoms with van der Waals surface area (Å²) in [7, 11) is 2.11. The smallest absolute Gasteiger partial charge is 0.475 e. The molecular formula is C23H32F3N5O3. The highest BCUT2D eigenvalue weighted by atomic mass is 19.4. The average Bonchev–Trinajstić information content (AvgIpc) is 3.00. The van der Waals surface area contributed by atoms with Crippen molar-refractivity contribution in [2.45, 2.75) is 65.5 Å². The summed E-state index contributed by atoms with van der Waals surface area (Å²) in [5.41, 5.74) is 4.28. The van der Waals surface area contributed by atoms with Crippen molar-refractivity contribution in [3.05, 3.63) is 47.5 Å². The van der Waals surface area contributed by atoms with Crippen molar-refractivity contribution in [1.82, 2.24) is 19.4 Å². The third kappa shape index (κ3) is 7.47. The standard InChI is InChI=1S/C21H31N5O.C2HF3O2/c1-5-17-9-6-7-10-18(17)23-21(27)25-11-8-12-26-15-22-19(20(26)14-25)13-24(4)16(2)3;3-2(4,5)1(6)7/h6-7,9-10,15-16H,5,8,11-14H2,1-4H3,(H,23,27);(H,6,7). The quantitative estimate of drug-likeness (QED) is 0.660. The van der Waals surface area contributed by atoms with Crippen LogP contribution in [0.25, 0.3) is 0 Å². The molecule has 0 aliphatic carbocycles. The summed E-state index contributed by atoms with van der Waals surface area (Å²) in [6.07, 6.45) is -1.33. The van der Waals surface area contributed by atoms with Gasteiger partial charge >= 0.3 is 18.2 Å². The number of carboxylic acids is 1. The maximum absolute atomic E-state index is 12.9. The maximum Gasteiger partial charge on any atom is 0.490 e. The summed E-state index contributed by atoms with van der Waals surface area (Å²) in [5, 5.41) is 10.2. The van der Waals surface area contributed by atoms with E-state index in [1.807, 2.05) is 29.4 Å². The normalized spacial score (nSPS) is 13.7. The van der Waals surface area contributed by atoms with E-state index in [0.29, 0.717) is 12.6 Å². The van der Waals surface area contributed by atoms with Crippen LogP contribution in [-0.4, -0.2) is 62.3 Å². The zero-order valence-corrected chi connectivity index (χ0v) is 19.9. The molecule has 0 unspecified atom stereocenters. The molecule has 1 aromatic heterocycles. The second-order valence-corrected chi connectivity index (χ2v) is 8.36. The highest BCUT2D eigenvalue weighted by molar-refractivity contribution is 5.90. The molecule has 1 aliphatic rings. The Morgan fingerprint density at radius 1 is 1.24 bits per heavy atom. The molecule has 11 heteroatoms. The second-order valence-electron chi connectivity index (χ2n) is 8.36. The molecule has 0 atom stereocenters. The summed E-state index contributed by atoms with van der Waals surface area (Å²) in [4.78, 5) is 30.6. The lowest BCUT2D eigenvalue weighted by Gasteiger charge is -2.23. The van der Waals surface area contributed by atoms with E-state index in [4.69, 9.17) is 9.90 Å². The SMILES string of the molecule is CCc1ccccc1NC(=O)N1CCCn2cnc(CN(C)C(C)C)c2C1.O=C(O)C(F)(F)F. The molecule has 2 aromatic rings. The lowest BCUT2D eigenvalue weighted by Crippen LogP contribution is -2.35. The first-order valence-corrected chi connectivity index (χ1v) is 11.1. The second kappa shape index (κ2) is 11.9. The fraction of sp³-hybridized carbons (Fsp3) is 0.522. The molecule has 188 valence electrons. The van der Waals surface area contributed by atoms with E-state index in [2.05, 4.69) is 53.7 Å². The van der Waals surface area contributed by atoms with Crippen LogP contribution in [0.1, 0.15) is 44.1 Å². The number of fused-ring (bicyclic) bond motifs is 1. The Hall–Kier alpha value is -3.08. The van der Waals surface area contributed by atoms with Crippen LogP contribution in [0.4, 0.5) is 23.7 Å². The molecule has 2 heterocycles. The molecule has 0 fully saturated rings. The summed E-state index contributed by atoms with van der Waals surface area (Å²) in [6, 6.07) is 8.43. The van der Waals surface area contributed by atoms with Crippen LogP contribution in [0, 0.1) is 0 Å². The minimum absolute atomic E-state index is 0.0336. The molecule has 2 N–H and O–H groups in total. The van der Waals surface area contributed by atoms with Gasteiger partial charge in [-0.3, -0.25) is 4.90 Å². The molecule has 8 nitrogen and oxygen atoms in total. The van der Waals surface area contributed by atoms with Crippen LogP contribution < -0.4 is 5.32 Å². The lowest BCUT2D eigenvalue weighted by atomic mass is 10.1. The number of urea groups is 1. The van der Waals surface area contributed by atoms with Gasteiger partial charge in [0, 0.05) is 31.4 Å². The van der Waals surface area contributed by atoms with Gasteiger partial charge in [-0.2, -0.15) is 13.2 Å². The van der Waals surface area contributed by atoms with E-state index in [1.54, 1.807) is 0 Å². The van der Waals surface area contributed by atoms with Crippen molar-refractivity contribution >= 4 is 17.7 Å². The highest BCUT2D eigenvalue weighted by Gasteiger charge is 2.38. The van der Waals surface area contributed by atoms with E-state index >= 15 is 0 Å². The number of anilines is 1. The third-order valence-corrected chi connectivity index (χ3v) is 5.65. The molecule has 2 amide bonds. The van der Waals surface area contributed by atoms with Crippen molar-refractivity contribution in [3.8, 4) is 0 Å². The molecule has 0 spiro atoms. The first-order valence-electron chi connectivity index (χ1n) is 11.1. The zero-order chi connectivity index (χ0) is 25.5. The number of carbonyl (C=O) groups excluding carboxylic acids is 1. The predicted molar refractivity (Wildman–Crippen MR) is 122 cm³/mol. The van der Waals surface area contributed by atoms with Gasteiger partial charge in [-0.1, -0.05) is 25.1 Å². The molecular weight excluding hydrogens is 451 g/mol. The monoisotopic (exact) mass is 483 g/mol. The summed E-state index contributed by atoms with van der Waals surface area (Å²) < 4.78 is 33.9. The number of halogens is 3. The summed E-state index contributed by atoms with van der Waals surface area (Å²) >= 11 is 0. The first-order chi connectivity index (χ1) is 15.9. The average molecular weight is 484 g/mol. The van der Waals surface area contributed by atoms with Crippen LogP contribution in [0.5, 0.6) is 0 Å². The van der Waals surface area contributed by atoms with E-state index < -0.39 is 12.1 Å². The van der Waals surface area contributed by atoms with Gasteiger partial charge in [0.25, 0.3) is 0 Å². The van der Waals surface area contributed by atoms with Gasteiger partial charge in [-0.15, -0.1) is 0 Å². The van der Waals surface area contributed by atoms with Gasteiger partial charge in [0.05, 0.1) is 24.3 Å². The Labute approximate surface area is 197 Å². The Morgan fingerprint density at radius 3 is 2.47 bits per heavy atom. The van der Waals surface area contributed by atoms with E-state index in [1.165, 1.54) is 0 Å². The zero-order valence-electron chi connectivity index (χ0n) is 19.9. The number of hydrogen-bond donors (Lipinski definition) is 2. The molecule has 0 saturated carbocycles. The highest BCUT2D eigenvalue weighted by Crippen LogP contribution is 2.21. The number of hydrogen-bond acceptors (Lipinski definition) is 4. The number of nitrogens with zero attached hydrogens (tertiary/aromatic N) is 4. The molecule has 0 radical (unpaired) electrons. The van der Waals surface area contributed by atoms with Crippen molar-refractivity contribution in [2.24, 2.45) is 0 Å². The van der Waals surface area contributed by atoms with E-state index in [-0.39, 0.29) is 6.03 Å². The minimum Gasteiger partial charge on any atom is -0.475 e. The van der Waals surface area contributed by atoms with Crippen LogP contribution in [0.15, 0.2) is 30.6 Å². The van der Waals surface area contributed by atoms with Gasteiger partial charge in [-0.05, 0) is 45.4 Å². The van der Waals surface area contributed by atoms with Crippen LogP contribution in [0.3, 0.4) is 0 Å². The Bertz CT molecular complexity index is 975. The maximum atomic E-state index is 12.9. The fourth-order valence-corrected chi connectivity index (χ4v) is 3.38. The van der Waals surface area contributed by atoms with Crippen LogP contribution in [-0.2, 0) is 30.8 Å². The topological polar surface area (TPSA) is 90.7 Å². The van der Waals surface area contributed by atoms with Crippen molar-refractivity contribution in [1.29, 1.82) is 0 Å². The lowest BCUT2D eigenvalue weighted by molar-refractivity contribution is -0.192. The molecule has 3 rings (SSSR count). The predicted octanol–water partition coefficient (Wildman–Crippen LogP) is 4.36. The number of amides is 2. The van der Waals surface area contributed by atoms with Gasteiger partial charge < -0.3 is 19.9 Å². The van der Waals surface area contributed by atoms with Gasteiger partial charge in [0.2, 0.25) is 0 Å². The summed E-state index contributed by atoms with van der Waals surface area (Å²) in [6.45, 7) is 9.52. The number of aryl methyl sites for hydroxylation is 2. The number of carboxylic acid groups (broad SMARTS) is 1. The van der Waals surface area contributed by atoms with E-state index in [9.17, 15) is 18.0 Å². The number of imidazole rings is 1. The van der Waals surface area contributed by atoms with Gasteiger partial charge in [-0.25, -0.2) is 14.6 Å². The third-order valence-electron chi connectivity index (χ3n) is 5.65. The Balaban J connectivity index is 0.000000509. The van der Waals surface area contributed by atoms with Crippen molar-refractivity contribution in [3.63, 3.8) is 0 Å². The molecule has 0 saturated heterocycles. The summed E-state index contributed by atoms with van der Waals surface area (Å²) in [5.74, 6) is -2.76. The first kappa shape index (κ1) is 27.2. The minimum atomic E-state index is -5.08. The number of alkyl halides is 3. The number of para-hydroxylation sites is 1.